The summed E-state index contributed by atoms with van der Waals surface area (Å²) in [5, 5.41) is 3.33. The molecule has 0 radical (unpaired) electrons. The summed E-state index contributed by atoms with van der Waals surface area (Å²) in [4.78, 5) is 29.2. The van der Waals surface area contributed by atoms with Gasteiger partial charge in [-0.15, -0.1) is 0 Å². The van der Waals surface area contributed by atoms with Crippen molar-refractivity contribution in [1.82, 2.24) is 24.8 Å². The molecule has 4 heterocycles. The number of piperidine rings is 1. The minimum Gasteiger partial charge on any atom is -0.355 e. The van der Waals surface area contributed by atoms with E-state index in [1.807, 2.05) is 0 Å². The number of carbonyl (C=O) groups excluding carboxylic acids is 1. The first kappa shape index (κ1) is 19.8. The topological polar surface area (TPSA) is 75.9 Å². The molecule has 1 amide bonds. The van der Waals surface area contributed by atoms with Crippen molar-refractivity contribution in [3.8, 4) is 0 Å². The molecular formula is C23H34N6O. The fourth-order valence-corrected chi connectivity index (χ4v) is 5.43. The van der Waals surface area contributed by atoms with Crippen LogP contribution in [0.5, 0.6) is 0 Å². The number of aryl methyl sites for hydroxylation is 2. The highest BCUT2D eigenvalue weighted by atomic mass is 16.1. The zero-order valence-corrected chi connectivity index (χ0v) is 18.1. The lowest BCUT2D eigenvalue weighted by Crippen LogP contribution is -2.45. The van der Waals surface area contributed by atoms with Crippen LogP contribution in [-0.2, 0) is 17.8 Å². The molecule has 5 rings (SSSR count). The van der Waals surface area contributed by atoms with Gasteiger partial charge in [-0.05, 0) is 57.3 Å². The maximum atomic E-state index is 12.8. The molecule has 2 aromatic rings. The number of anilines is 1. The fourth-order valence-electron chi connectivity index (χ4n) is 5.43. The van der Waals surface area contributed by atoms with E-state index in [4.69, 9.17) is 4.98 Å². The van der Waals surface area contributed by atoms with Crippen LogP contribution in [0.25, 0.3) is 11.2 Å². The first-order valence-corrected chi connectivity index (χ1v) is 11.9. The summed E-state index contributed by atoms with van der Waals surface area (Å²) in [6.45, 7) is 5.03. The summed E-state index contributed by atoms with van der Waals surface area (Å²) in [7, 11) is 0. The van der Waals surface area contributed by atoms with Gasteiger partial charge in [0.05, 0.1) is 0 Å². The molecule has 2 fully saturated rings. The van der Waals surface area contributed by atoms with Crippen molar-refractivity contribution in [2.75, 3.05) is 18.0 Å². The molecule has 0 atom stereocenters. The van der Waals surface area contributed by atoms with Gasteiger partial charge in [0.1, 0.15) is 12.2 Å². The SMILES string of the molecule is CC1CCC(NC(=O)C2CCN(c3ncnc4c3nc3n4CCCCC3)CC2)CC1. The molecule has 30 heavy (non-hydrogen) atoms. The molecule has 162 valence electrons. The number of fused-ring (bicyclic) bond motifs is 3. The number of hydrogen-bond donors (Lipinski definition) is 1. The maximum absolute atomic E-state index is 12.8. The van der Waals surface area contributed by atoms with Crippen molar-refractivity contribution in [3.05, 3.63) is 12.2 Å². The molecule has 7 heteroatoms. The molecule has 0 bridgehead atoms. The number of nitrogens with one attached hydrogen (secondary N) is 1. The molecule has 0 aromatic carbocycles. The molecular weight excluding hydrogens is 376 g/mol. The average Bonchev–Trinajstić information content (AvgIpc) is 2.96. The third-order valence-corrected chi connectivity index (χ3v) is 7.40. The molecule has 2 aromatic heterocycles. The van der Waals surface area contributed by atoms with Gasteiger partial charge >= 0.3 is 0 Å². The Morgan fingerprint density at radius 3 is 2.60 bits per heavy atom. The molecule has 1 saturated heterocycles. The quantitative estimate of drug-likeness (QED) is 0.839. The van der Waals surface area contributed by atoms with Crippen LogP contribution < -0.4 is 10.2 Å². The number of imidazole rings is 1. The summed E-state index contributed by atoms with van der Waals surface area (Å²) in [6.07, 6.45) is 12.9. The number of rotatable bonds is 3. The van der Waals surface area contributed by atoms with Crippen LogP contribution in [0.4, 0.5) is 5.82 Å². The molecule has 1 N–H and O–H groups in total. The Morgan fingerprint density at radius 2 is 1.80 bits per heavy atom. The Hall–Kier alpha value is -2.18. The van der Waals surface area contributed by atoms with E-state index in [1.165, 1.54) is 32.1 Å². The van der Waals surface area contributed by atoms with Gasteiger partial charge in [0, 0.05) is 38.0 Å². The van der Waals surface area contributed by atoms with E-state index < -0.39 is 0 Å². The third-order valence-electron chi connectivity index (χ3n) is 7.40. The third kappa shape index (κ3) is 3.91. The van der Waals surface area contributed by atoms with Crippen molar-refractivity contribution in [3.63, 3.8) is 0 Å². The van der Waals surface area contributed by atoms with Crippen molar-refractivity contribution in [2.45, 2.75) is 83.7 Å². The standard InChI is InChI=1S/C23H34N6O/c1-16-6-8-18(9-7-16)26-23(30)17-10-13-28(14-11-17)21-20-22(25-15-24-21)29-12-4-2-3-5-19(29)27-20/h15-18H,2-14H2,1H3,(H,26,30). The van der Waals surface area contributed by atoms with E-state index in [2.05, 4.69) is 31.7 Å². The summed E-state index contributed by atoms with van der Waals surface area (Å²) in [6, 6.07) is 0.383. The molecule has 7 nitrogen and oxygen atoms in total. The molecule has 0 spiro atoms. The van der Waals surface area contributed by atoms with E-state index in [0.29, 0.717) is 6.04 Å². The minimum absolute atomic E-state index is 0.122. The van der Waals surface area contributed by atoms with E-state index in [-0.39, 0.29) is 11.8 Å². The van der Waals surface area contributed by atoms with Gasteiger partial charge in [0.25, 0.3) is 0 Å². The number of carbonyl (C=O) groups is 1. The molecule has 2 aliphatic heterocycles. The zero-order valence-electron chi connectivity index (χ0n) is 18.1. The molecule has 0 unspecified atom stereocenters. The second-order valence-electron chi connectivity index (χ2n) is 9.59. The van der Waals surface area contributed by atoms with Crippen molar-refractivity contribution in [2.24, 2.45) is 11.8 Å². The second-order valence-corrected chi connectivity index (χ2v) is 9.59. The minimum atomic E-state index is 0.122. The van der Waals surface area contributed by atoms with Crippen molar-refractivity contribution in [1.29, 1.82) is 0 Å². The Morgan fingerprint density at radius 1 is 1.00 bits per heavy atom. The van der Waals surface area contributed by atoms with Crippen LogP contribution in [0.3, 0.4) is 0 Å². The smallest absolute Gasteiger partial charge is 0.223 e. The molecule has 1 aliphatic carbocycles. The zero-order chi connectivity index (χ0) is 20.5. The van der Waals surface area contributed by atoms with Crippen LogP contribution in [0.2, 0.25) is 0 Å². The second kappa shape index (κ2) is 8.52. The van der Waals surface area contributed by atoms with Crippen LogP contribution in [0.15, 0.2) is 6.33 Å². The highest BCUT2D eigenvalue weighted by Crippen LogP contribution is 2.30. The Labute approximate surface area is 178 Å². The summed E-state index contributed by atoms with van der Waals surface area (Å²) >= 11 is 0. The van der Waals surface area contributed by atoms with Gasteiger partial charge in [-0.2, -0.15) is 0 Å². The van der Waals surface area contributed by atoms with Gasteiger partial charge in [-0.25, -0.2) is 15.0 Å². The number of hydrogen-bond acceptors (Lipinski definition) is 5. The first-order chi connectivity index (χ1) is 14.7. The lowest BCUT2D eigenvalue weighted by Gasteiger charge is -2.34. The Kier molecular flexibility index (Phi) is 5.61. The largest absolute Gasteiger partial charge is 0.355 e. The average molecular weight is 411 g/mol. The molecule has 3 aliphatic rings. The highest BCUT2D eigenvalue weighted by molar-refractivity contribution is 5.84. The lowest BCUT2D eigenvalue weighted by atomic mass is 9.86. The normalized spacial score (nSPS) is 25.7. The van der Waals surface area contributed by atoms with Gasteiger partial charge in [0.15, 0.2) is 17.0 Å². The van der Waals surface area contributed by atoms with E-state index in [0.717, 1.165) is 80.5 Å². The Bertz CT molecular complexity index is 892. The number of amides is 1. The first-order valence-electron chi connectivity index (χ1n) is 11.9. The van der Waals surface area contributed by atoms with Crippen molar-refractivity contribution >= 4 is 22.9 Å². The van der Waals surface area contributed by atoms with Crippen LogP contribution in [0, 0.1) is 11.8 Å². The Balaban J connectivity index is 1.24. The summed E-state index contributed by atoms with van der Waals surface area (Å²) in [5.74, 6) is 3.29. The van der Waals surface area contributed by atoms with E-state index >= 15 is 0 Å². The number of nitrogens with zero attached hydrogens (tertiary/aromatic N) is 5. The molecule has 1 saturated carbocycles. The fraction of sp³-hybridized carbons (Fsp3) is 0.739. The van der Waals surface area contributed by atoms with E-state index in [1.54, 1.807) is 6.33 Å². The van der Waals surface area contributed by atoms with Gasteiger partial charge < -0.3 is 14.8 Å². The monoisotopic (exact) mass is 410 g/mol. The predicted molar refractivity (Wildman–Crippen MR) is 117 cm³/mol. The van der Waals surface area contributed by atoms with Gasteiger partial charge in [-0.3, -0.25) is 4.79 Å². The van der Waals surface area contributed by atoms with Crippen LogP contribution >= 0.6 is 0 Å². The maximum Gasteiger partial charge on any atom is 0.223 e. The van der Waals surface area contributed by atoms with Gasteiger partial charge in [0.2, 0.25) is 5.91 Å². The van der Waals surface area contributed by atoms with Crippen molar-refractivity contribution < 1.29 is 4.79 Å². The summed E-state index contributed by atoms with van der Waals surface area (Å²) < 4.78 is 2.29. The number of aromatic nitrogens is 4. The lowest BCUT2D eigenvalue weighted by molar-refractivity contribution is -0.126. The highest BCUT2D eigenvalue weighted by Gasteiger charge is 2.29. The van der Waals surface area contributed by atoms with Gasteiger partial charge in [-0.1, -0.05) is 13.3 Å². The van der Waals surface area contributed by atoms with Crippen LogP contribution in [-0.4, -0.2) is 44.6 Å². The van der Waals surface area contributed by atoms with Crippen LogP contribution in [0.1, 0.15) is 70.5 Å². The summed E-state index contributed by atoms with van der Waals surface area (Å²) in [5.41, 5.74) is 1.91. The predicted octanol–water partition coefficient (Wildman–Crippen LogP) is 3.46. The van der Waals surface area contributed by atoms with E-state index in [9.17, 15) is 4.79 Å².